The number of carboxylic acids is 1. The molecule has 0 spiro atoms. The maximum atomic E-state index is 13.6. The number of hydrogen-bond donors (Lipinski definition) is 2. The first-order chi connectivity index (χ1) is 9.09. The molecule has 0 amide bonds. The molecule has 4 nitrogen and oxygen atoms in total. The first-order valence-corrected chi connectivity index (χ1v) is 5.43. The Bertz CT molecular complexity index is 603. The second-order valence-electron chi connectivity index (χ2n) is 3.80. The molecule has 1 aromatic carbocycles. The van der Waals surface area contributed by atoms with Gasteiger partial charge in [-0.2, -0.15) is 0 Å². The average molecular weight is 264 g/mol. The van der Waals surface area contributed by atoms with Gasteiger partial charge in [0.25, 0.3) is 0 Å². The Balaban J connectivity index is 2.18. The second-order valence-corrected chi connectivity index (χ2v) is 3.80. The van der Waals surface area contributed by atoms with Crippen LogP contribution in [0, 0.1) is 11.6 Å². The highest BCUT2D eigenvalue weighted by atomic mass is 19.2. The number of nitrogens with zero attached hydrogens (tertiary/aromatic N) is 1. The van der Waals surface area contributed by atoms with Crippen LogP contribution in [0.2, 0.25) is 0 Å². The zero-order valence-corrected chi connectivity index (χ0v) is 9.73. The maximum Gasteiger partial charge on any atom is 0.338 e. The van der Waals surface area contributed by atoms with Crippen LogP contribution in [-0.2, 0) is 6.54 Å². The van der Waals surface area contributed by atoms with E-state index in [1.807, 2.05) is 0 Å². The van der Waals surface area contributed by atoms with Crippen molar-refractivity contribution in [2.75, 3.05) is 5.32 Å². The van der Waals surface area contributed by atoms with Crippen molar-refractivity contribution < 1.29 is 18.7 Å². The average Bonchev–Trinajstić information content (AvgIpc) is 2.41. The monoisotopic (exact) mass is 264 g/mol. The van der Waals surface area contributed by atoms with Crippen LogP contribution in [-0.4, -0.2) is 16.1 Å². The minimum Gasteiger partial charge on any atom is -0.478 e. The number of halogens is 2. The summed E-state index contributed by atoms with van der Waals surface area (Å²) in [6.45, 7) is 0.283. The summed E-state index contributed by atoms with van der Waals surface area (Å²) in [5.41, 5.74) is 0.0726. The minimum absolute atomic E-state index is 0.0840. The number of benzene rings is 1. The SMILES string of the molecule is O=C(O)c1ccc(NCc2ccncc2)c(F)c1F. The molecular formula is C13H10F2N2O2. The zero-order valence-electron chi connectivity index (χ0n) is 9.73. The van der Waals surface area contributed by atoms with Gasteiger partial charge in [0.2, 0.25) is 0 Å². The molecule has 1 aromatic heterocycles. The summed E-state index contributed by atoms with van der Waals surface area (Å²) in [5.74, 6) is -4.07. The largest absolute Gasteiger partial charge is 0.478 e. The molecular weight excluding hydrogens is 254 g/mol. The van der Waals surface area contributed by atoms with Gasteiger partial charge in [0.1, 0.15) is 0 Å². The zero-order chi connectivity index (χ0) is 13.8. The van der Waals surface area contributed by atoms with E-state index in [0.717, 1.165) is 11.6 Å². The van der Waals surface area contributed by atoms with Crippen molar-refractivity contribution in [3.63, 3.8) is 0 Å². The van der Waals surface area contributed by atoms with E-state index in [1.54, 1.807) is 24.5 Å². The van der Waals surface area contributed by atoms with Gasteiger partial charge in [0.15, 0.2) is 11.6 Å². The number of aromatic carboxylic acids is 1. The first kappa shape index (κ1) is 12.9. The number of carboxylic acid groups (broad SMARTS) is 1. The molecule has 98 valence electrons. The molecule has 1 heterocycles. The van der Waals surface area contributed by atoms with Crippen molar-refractivity contribution in [3.05, 3.63) is 59.4 Å². The molecule has 0 saturated heterocycles. The maximum absolute atomic E-state index is 13.6. The quantitative estimate of drug-likeness (QED) is 0.891. The number of pyridine rings is 1. The minimum atomic E-state index is -1.50. The number of anilines is 1. The van der Waals surface area contributed by atoms with Gasteiger partial charge in [0.05, 0.1) is 11.3 Å². The molecule has 2 N–H and O–H groups in total. The van der Waals surface area contributed by atoms with Crippen LogP contribution in [0.25, 0.3) is 0 Å². The third-order valence-corrected chi connectivity index (χ3v) is 2.55. The third kappa shape index (κ3) is 2.85. The Kier molecular flexibility index (Phi) is 3.70. The van der Waals surface area contributed by atoms with Crippen LogP contribution in [0.3, 0.4) is 0 Å². The van der Waals surface area contributed by atoms with Crippen LogP contribution >= 0.6 is 0 Å². The number of hydrogen-bond acceptors (Lipinski definition) is 3. The van der Waals surface area contributed by atoms with Crippen LogP contribution in [0.1, 0.15) is 15.9 Å². The Hall–Kier alpha value is -2.50. The smallest absolute Gasteiger partial charge is 0.338 e. The van der Waals surface area contributed by atoms with E-state index < -0.39 is 23.2 Å². The fraction of sp³-hybridized carbons (Fsp3) is 0.0769. The summed E-state index contributed by atoms with van der Waals surface area (Å²) in [6, 6.07) is 5.68. The van der Waals surface area contributed by atoms with Gasteiger partial charge in [-0.1, -0.05) is 0 Å². The molecule has 0 aliphatic carbocycles. The highest BCUT2D eigenvalue weighted by Crippen LogP contribution is 2.21. The Morgan fingerprint density at radius 1 is 1.16 bits per heavy atom. The molecule has 2 aromatic rings. The lowest BCUT2D eigenvalue weighted by atomic mass is 10.1. The topological polar surface area (TPSA) is 62.2 Å². The first-order valence-electron chi connectivity index (χ1n) is 5.43. The van der Waals surface area contributed by atoms with Crippen molar-refractivity contribution in [2.45, 2.75) is 6.54 Å². The van der Waals surface area contributed by atoms with Gasteiger partial charge >= 0.3 is 5.97 Å². The summed E-state index contributed by atoms with van der Waals surface area (Å²) >= 11 is 0. The molecule has 0 radical (unpaired) electrons. The molecule has 0 saturated carbocycles. The van der Waals surface area contributed by atoms with Gasteiger partial charge < -0.3 is 10.4 Å². The van der Waals surface area contributed by atoms with Crippen molar-refractivity contribution in [2.24, 2.45) is 0 Å². The molecule has 6 heteroatoms. The van der Waals surface area contributed by atoms with Crippen molar-refractivity contribution >= 4 is 11.7 Å². The van der Waals surface area contributed by atoms with Crippen LogP contribution in [0.5, 0.6) is 0 Å². The fourth-order valence-corrected chi connectivity index (χ4v) is 1.55. The van der Waals surface area contributed by atoms with Gasteiger partial charge in [-0.3, -0.25) is 4.98 Å². The predicted molar refractivity (Wildman–Crippen MR) is 64.9 cm³/mol. The van der Waals surface area contributed by atoms with E-state index in [9.17, 15) is 13.6 Å². The van der Waals surface area contributed by atoms with E-state index in [4.69, 9.17) is 5.11 Å². The molecule has 0 bridgehead atoms. The summed E-state index contributed by atoms with van der Waals surface area (Å²) in [5, 5.41) is 11.4. The molecule has 0 aliphatic heterocycles. The second kappa shape index (κ2) is 5.43. The molecule has 2 rings (SSSR count). The molecule has 19 heavy (non-hydrogen) atoms. The lowest BCUT2D eigenvalue weighted by Crippen LogP contribution is -2.07. The number of rotatable bonds is 4. The van der Waals surface area contributed by atoms with Gasteiger partial charge in [-0.05, 0) is 29.8 Å². The van der Waals surface area contributed by atoms with Gasteiger partial charge in [0, 0.05) is 18.9 Å². The number of nitrogens with one attached hydrogen (secondary N) is 1. The molecule has 0 fully saturated rings. The summed E-state index contributed by atoms with van der Waals surface area (Å²) in [4.78, 5) is 14.5. The van der Waals surface area contributed by atoms with Crippen molar-refractivity contribution in [3.8, 4) is 0 Å². The molecule has 0 unspecified atom stereocenters. The highest BCUT2D eigenvalue weighted by Gasteiger charge is 2.17. The van der Waals surface area contributed by atoms with Crippen LogP contribution < -0.4 is 5.32 Å². The van der Waals surface area contributed by atoms with E-state index in [1.165, 1.54) is 6.07 Å². The highest BCUT2D eigenvalue weighted by molar-refractivity contribution is 5.88. The summed E-state index contributed by atoms with van der Waals surface area (Å²) < 4.78 is 27.0. The standard InChI is InChI=1S/C13H10F2N2O2/c14-11-9(13(18)19)1-2-10(12(11)15)17-7-8-3-5-16-6-4-8/h1-6,17H,7H2,(H,18,19). The third-order valence-electron chi connectivity index (χ3n) is 2.55. The molecule has 0 atom stereocenters. The van der Waals surface area contributed by atoms with E-state index in [2.05, 4.69) is 10.3 Å². The Morgan fingerprint density at radius 3 is 2.47 bits per heavy atom. The van der Waals surface area contributed by atoms with E-state index >= 15 is 0 Å². The Morgan fingerprint density at radius 2 is 1.84 bits per heavy atom. The van der Waals surface area contributed by atoms with E-state index in [0.29, 0.717) is 0 Å². The number of aromatic nitrogens is 1. The summed E-state index contributed by atoms with van der Waals surface area (Å²) in [7, 11) is 0. The fourth-order valence-electron chi connectivity index (χ4n) is 1.55. The van der Waals surface area contributed by atoms with Crippen LogP contribution in [0.15, 0.2) is 36.7 Å². The van der Waals surface area contributed by atoms with E-state index in [-0.39, 0.29) is 12.2 Å². The van der Waals surface area contributed by atoms with Crippen LogP contribution in [0.4, 0.5) is 14.5 Å². The van der Waals surface area contributed by atoms with Gasteiger partial charge in [-0.15, -0.1) is 0 Å². The van der Waals surface area contributed by atoms with Crippen molar-refractivity contribution in [1.82, 2.24) is 4.98 Å². The Labute approximate surface area is 107 Å². The summed E-state index contributed by atoms with van der Waals surface area (Å²) in [6.07, 6.45) is 3.17. The van der Waals surface area contributed by atoms with Crippen molar-refractivity contribution in [1.29, 1.82) is 0 Å². The predicted octanol–water partition coefficient (Wildman–Crippen LogP) is 2.67. The molecule has 0 aliphatic rings. The normalized spacial score (nSPS) is 10.2. The lowest BCUT2D eigenvalue weighted by molar-refractivity contribution is 0.0690. The van der Waals surface area contributed by atoms with Gasteiger partial charge in [-0.25, -0.2) is 13.6 Å². The lowest BCUT2D eigenvalue weighted by Gasteiger charge is -2.09. The number of carbonyl (C=O) groups is 1.